The Labute approximate surface area is 165 Å². The highest BCUT2D eigenvalue weighted by Gasteiger charge is 2.47. The molecular formula is C22H27N3O3+2. The van der Waals surface area contributed by atoms with E-state index >= 15 is 0 Å². The molecular weight excluding hydrogens is 354 g/mol. The SMILES string of the molecule is COc1ccccc1N1C(=O)C[C@@H]([NH+]2CC[NH+](Cc3ccccc3)CC2)C1=O. The molecule has 0 bridgehead atoms. The number of imide groups is 1. The molecule has 0 aromatic heterocycles. The van der Waals surface area contributed by atoms with Crippen LogP contribution < -0.4 is 19.4 Å². The van der Waals surface area contributed by atoms with Gasteiger partial charge in [-0.15, -0.1) is 0 Å². The van der Waals surface area contributed by atoms with E-state index in [2.05, 4.69) is 24.3 Å². The fourth-order valence-corrected chi connectivity index (χ4v) is 4.35. The van der Waals surface area contributed by atoms with Crippen LogP contribution in [0.1, 0.15) is 12.0 Å². The van der Waals surface area contributed by atoms with E-state index in [0.717, 1.165) is 32.7 Å². The Morgan fingerprint density at radius 1 is 0.964 bits per heavy atom. The lowest BCUT2D eigenvalue weighted by Crippen LogP contribution is -3.29. The highest BCUT2D eigenvalue weighted by Crippen LogP contribution is 2.31. The van der Waals surface area contributed by atoms with Gasteiger partial charge in [-0.05, 0) is 12.1 Å². The number of nitrogens with one attached hydrogen (secondary N) is 2. The Morgan fingerprint density at radius 3 is 2.36 bits per heavy atom. The maximum Gasteiger partial charge on any atom is 0.292 e. The van der Waals surface area contributed by atoms with E-state index in [1.54, 1.807) is 19.2 Å². The summed E-state index contributed by atoms with van der Waals surface area (Å²) in [6.07, 6.45) is 0.278. The molecule has 2 aliphatic heterocycles. The van der Waals surface area contributed by atoms with Crippen LogP contribution in [0, 0.1) is 0 Å². The van der Waals surface area contributed by atoms with E-state index < -0.39 is 0 Å². The first-order valence-electron chi connectivity index (χ1n) is 9.89. The first-order chi connectivity index (χ1) is 13.7. The molecule has 2 heterocycles. The van der Waals surface area contributed by atoms with Crippen LogP contribution >= 0.6 is 0 Å². The molecule has 0 unspecified atom stereocenters. The Morgan fingerprint density at radius 2 is 1.64 bits per heavy atom. The third kappa shape index (κ3) is 3.66. The van der Waals surface area contributed by atoms with Crippen LogP contribution in [0.25, 0.3) is 0 Å². The molecule has 6 nitrogen and oxygen atoms in total. The van der Waals surface area contributed by atoms with E-state index in [1.165, 1.54) is 20.3 Å². The van der Waals surface area contributed by atoms with Crippen LogP contribution in [0.3, 0.4) is 0 Å². The Bertz CT molecular complexity index is 847. The Hall–Kier alpha value is -2.70. The van der Waals surface area contributed by atoms with Gasteiger partial charge in [-0.1, -0.05) is 42.5 Å². The second-order valence-electron chi connectivity index (χ2n) is 7.57. The number of rotatable bonds is 5. The predicted molar refractivity (Wildman–Crippen MR) is 105 cm³/mol. The molecule has 0 radical (unpaired) electrons. The van der Waals surface area contributed by atoms with Crippen LogP contribution in [0.5, 0.6) is 5.75 Å². The van der Waals surface area contributed by atoms with Crippen molar-refractivity contribution in [2.45, 2.75) is 19.0 Å². The lowest BCUT2D eigenvalue weighted by Gasteiger charge is -2.32. The van der Waals surface area contributed by atoms with Crippen molar-refractivity contribution in [3.8, 4) is 5.75 Å². The quantitative estimate of drug-likeness (QED) is 0.675. The minimum atomic E-state index is -0.282. The third-order valence-corrected chi connectivity index (χ3v) is 5.86. The van der Waals surface area contributed by atoms with Gasteiger partial charge < -0.3 is 14.5 Å². The molecule has 0 spiro atoms. The fraction of sp³-hybridized carbons (Fsp3) is 0.364. The van der Waals surface area contributed by atoms with Crippen LogP contribution in [0.4, 0.5) is 5.69 Å². The minimum absolute atomic E-state index is 0.101. The van der Waals surface area contributed by atoms with E-state index in [4.69, 9.17) is 4.74 Å². The zero-order chi connectivity index (χ0) is 19.5. The molecule has 2 aromatic carbocycles. The molecule has 2 aliphatic rings. The number of amides is 2. The molecule has 2 N–H and O–H groups in total. The number of para-hydroxylation sites is 2. The molecule has 2 fully saturated rings. The predicted octanol–water partition coefficient (Wildman–Crippen LogP) is -0.689. The van der Waals surface area contributed by atoms with Gasteiger partial charge in [-0.2, -0.15) is 0 Å². The number of quaternary nitrogens is 2. The van der Waals surface area contributed by atoms with Crippen molar-refractivity contribution in [3.05, 3.63) is 60.2 Å². The summed E-state index contributed by atoms with van der Waals surface area (Å²) in [4.78, 5) is 29.8. The maximum atomic E-state index is 13.1. The molecule has 4 rings (SSSR count). The second kappa shape index (κ2) is 8.12. The summed E-state index contributed by atoms with van der Waals surface area (Å²) in [5.74, 6) is 0.319. The lowest BCUT2D eigenvalue weighted by molar-refractivity contribution is -1.02. The number of carbonyl (C=O) groups is 2. The molecule has 146 valence electrons. The number of piperazine rings is 1. The van der Waals surface area contributed by atoms with E-state index in [0.29, 0.717) is 11.4 Å². The highest BCUT2D eigenvalue weighted by molar-refractivity contribution is 6.22. The first-order valence-corrected chi connectivity index (χ1v) is 9.89. The average molecular weight is 381 g/mol. The lowest BCUT2D eigenvalue weighted by atomic mass is 10.1. The summed E-state index contributed by atoms with van der Waals surface area (Å²) in [7, 11) is 1.56. The third-order valence-electron chi connectivity index (χ3n) is 5.86. The van der Waals surface area contributed by atoms with E-state index in [1.807, 2.05) is 18.2 Å². The smallest absolute Gasteiger partial charge is 0.292 e. The first kappa shape index (κ1) is 18.7. The highest BCUT2D eigenvalue weighted by atomic mass is 16.5. The molecule has 2 aromatic rings. The summed E-state index contributed by atoms with van der Waals surface area (Å²) >= 11 is 0. The molecule has 2 amide bonds. The van der Waals surface area contributed by atoms with Gasteiger partial charge >= 0.3 is 0 Å². The number of nitrogens with zero attached hydrogens (tertiary/aromatic N) is 1. The monoisotopic (exact) mass is 381 g/mol. The van der Waals surface area contributed by atoms with Gasteiger partial charge in [0.2, 0.25) is 5.91 Å². The van der Waals surface area contributed by atoms with Gasteiger partial charge in [-0.25, -0.2) is 4.90 Å². The number of methoxy groups -OCH3 is 1. The largest absolute Gasteiger partial charge is 0.495 e. The normalized spacial score (nSPS) is 25.2. The summed E-state index contributed by atoms with van der Waals surface area (Å²) in [6.45, 7) is 4.85. The van der Waals surface area contributed by atoms with Crippen LogP contribution in [0.2, 0.25) is 0 Å². The molecule has 28 heavy (non-hydrogen) atoms. The van der Waals surface area contributed by atoms with E-state index in [9.17, 15) is 9.59 Å². The molecule has 6 heteroatoms. The summed E-state index contributed by atoms with van der Waals surface area (Å²) in [5.41, 5.74) is 1.89. The topological polar surface area (TPSA) is 55.5 Å². The number of carbonyl (C=O) groups excluding carboxylic acids is 2. The van der Waals surface area contributed by atoms with Crippen LogP contribution in [0.15, 0.2) is 54.6 Å². The van der Waals surface area contributed by atoms with Crippen molar-refractivity contribution in [1.82, 2.24) is 0 Å². The Kier molecular flexibility index (Phi) is 5.41. The van der Waals surface area contributed by atoms with E-state index in [-0.39, 0.29) is 24.3 Å². The second-order valence-corrected chi connectivity index (χ2v) is 7.57. The van der Waals surface area contributed by atoms with Crippen LogP contribution in [-0.2, 0) is 16.1 Å². The number of ether oxygens (including phenoxy) is 1. The zero-order valence-electron chi connectivity index (χ0n) is 16.2. The number of hydrogen-bond donors (Lipinski definition) is 2. The number of benzene rings is 2. The summed E-state index contributed by atoms with van der Waals surface area (Å²) < 4.78 is 5.35. The maximum absolute atomic E-state index is 13.1. The van der Waals surface area contributed by atoms with Gasteiger partial charge in [0.15, 0.2) is 6.04 Å². The molecule has 0 saturated carbocycles. The molecule has 1 atom stereocenters. The van der Waals surface area contributed by atoms with Crippen molar-refractivity contribution >= 4 is 17.5 Å². The van der Waals surface area contributed by atoms with Crippen molar-refractivity contribution in [2.24, 2.45) is 0 Å². The zero-order valence-corrected chi connectivity index (χ0v) is 16.2. The van der Waals surface area contributed by atoms with Gasteiger partial charge in [-0.3, -0.25) is 9.59 Å². The van der Waals surface area contributed by atoms with Gasteiger partial charge in [0, 0.05) is 5.56 Å². The summed E-state index contributed by atoms with van der Waals surface area (Å²) in [6, 6.07) is 17.4. The van der Waals surface area contributed by atoms with Crippen molar-refractivity contribution in [2.75, 3.05) is 38.2 Å². The summed E-state index contributed by atoms with van der Waals surface area (Å²) in [5, 5.41) is 0. The van der Waals surface area contributed by atoms with Crippen molar-refractivity contribution in [3.63, 3.8) is 0 Å². The number of anilines is 1. The van der Waals surface area contributed by atoms with Gasteiger partial charge in [0.05, 0.1) is 19.2 Å². The molecule has 2 saturated heterocycles. The molecule has 0 aliphatic carbocycles. The van der Waals surface area contributed by atoms with Gasteiger partial charge in [0.25, 0.3) is 5.91 Å². The average Bonchev–Trinajstić information content (AvgIpc) is 3.03. The standard InChI is InChI=1S/C22H25N3O3/c1-28-20-10-6-5-9-18(20)25-21(26)15-19(22(25)27)24-13-11-23(12-14-24)16-17-7-3-2-4-8-17/h2-10,19H,11-16H2,1H3/p+2/t19-/m1/s1. The minimum Gasteiger partial charge on any atom is -0.495 e. The van der Waals surface area contributed by atoms with Crippen molar-refractivity contribution < 1.29 is 24.1 Å². The Balaban J connectivity index is 1.41. The fourth-order valence-electron chi connectivity index (χ4n) is 4.35. The number of hydrogen-bond acceptors (Lipinski definition) is 3. The van der Waals surface area contributed by atoms with Crippen molar-refractivity contribution in [1.29, 1.82) is 0 Å². The van der Waals surface area contributed by atoms with Gasteiger partial charge in [0.1, 0.15) is 38.5 Å². The van der Waals surface area contributed by atoms with Crippen LogP contribution in [-0.4, -0.2) is 51.1 Å².